The lowest BCUT2D eigenvalue weighted by atomic mass is 10.0. The summed E-state index contributed by atoms with van der Waals surface area (Å²) in [5.74, 6) is -0.916. The van der Waals surface area contributed by atoms with Crippen LogP contribution in [0.3, 0.4) is 0 Å². The predicted octanol–water partition coefficient (Wildman–Crippen LogP) is 7.36. The number of hydrogen-bond acceptors (Lipinski definition) is 4. The number of rotatable bonds is 11. The van der Waals surface area contributed by atoms with Crippen LogP contribution in [0.15, 0.2) is 102 Å². The van der Waals surface area contributed by atoms with Crippen molar-refractivity contribution in [2.45, 2.75) is 64.1 Å². The predicted molar refractivity (Wildman–Crippen MR) is 186 cm³/mol. The SMILES string of the molecule is Cc1ccc(S(=O)(=O)N(CC(=O)N(Cc2ccc(Cl)cc2)[C@@H](Cc2ccccc2)C(=O)NC(C)(C)C)c2cc(Cl)ccc2C)cc1. The Morgan fingerprint density at radius 2 is 1.41 bits per heavy atom. The average Bonchev–Trinajstić information content (AvgIpc) is 2.99. The minimum absolute atomic E-state index is 0.0286. The summed E-state index contributed by atoms with van der Waals surface area (Å²) in [6.07, 6.45) is 0.211. The van der Waals surface area contributed by atoms with Gasteiger partial charge in [0.25, 0.3) is 10.0 Å². The summed E-state index contributed by atoms with van der Waals surface area (Å²) in [6, 6.07) is 26.8. The number of carbonyl (C=O) groups is 2. The van der Waals surface area contributed by atoms with Crippen LogP contribution in [0.4, 0.5) is 5.69 Å². The highest BCUT2D eigenvalue weighted by molar-refractivity contribution is 7.92. The molecule has 1 atom stereocenters. The first-order chi connectivity index (χ1) is 21.6. The number of hydrogen-bond donors (Lipinski definition) is 1. The molecule has 0 heterocycles. The Morgan fingerprint density at radius 3 is 2.02 bits per heavy atom. The third-order valence-electron chi connectivity index (χ3n) is 7.36. The van der Waals surface area contributed by atoms with Crippen molar-refractivity contribution in [1.29, 1.82) is 0 Å². The van der Waals surface area contributed by atoms with Gasteiger partial charge in [0.15, 0.2) is 0 Å². The van der Waals surface area contributed by atoms with E-state index in [2.05, 4.69) is 5.32 Å². The second kappa shape index (κ2) is 14.7. The van der Waals surface area contributed by atoms with Gasteiger partial charge in [-0.1, -0.05) is 89.4 Å². The molecule has 0 fully saturated rings. The minimum atomic E-state index is -4.24. The molecule has 0 saturated carbocycles. The second-order valence-electron chi connectivity index (χ2n) is 12.3. The summed E-state index contributed by atoms with van der Waals surface area (Å²) < 4.78 is 29.6. The first-order valence-electron chi connectivity index (χ1n) is 14.9. The maximum atomic E-state index is 14.6. The Morgan fingerprint density at radius 1 is 0.804 bits per heavy atom. The van der Waals surface area contributed by atoms with Gasteiger partial charge in [-0.2, -0.15) is 0 Å². The molecule has 0 aliphatic carbocycles. The molecule has 0 aliphatic rings. The molecule has 4 aromatic rings. The van der Waals surface area contributed by atoms with Gasteiger partial charge in [-0.3, -0.25) is 13.9 Å². The van der Waals surface area contributed by atoms with Crippen LogP contribution in [0.5, 0.6) is 0 Å². The molecular formula is C36H39Cl2N3O4S. The molecule has 4 aromatic carbocycles. The molecular weight excluding hydrogens is 641 g/mol. The molecule has 0 bridgehead atoms. The number of benzene rings is 4. The fourth-order valence-corrected chi connectivity index (χ4v) is 6.76. The summed E-state index contributed by atoms with van der Waals surface area (Å²) in [5, 5.41) is 3.88. The topological polar surface area (TPSA) is 86.8 Å². The van der Waals surface area contributed by atoms with Gasteiger partial charge in [-0.05, 0) is 87.7 Å². The zero-order valence-electron chi connectivity index (χ0n) is 26.6. The molecule has 1 N–H and O–H groups in total. The van der Waals surface area contributed by atoms with Crippen LogP contribution < -0.4 is 9.62 Å². The van der Waals surface area contributed by atoms with E-state index in [1.54, 1.807) is 55.5 Å². The number of amides is 2. The molecule has 2 amide bonds. The van der Waals surface area contributed by atoms with E-state index in [-0.39, 0.29) is 29.5 Å². The number of anilines is 1. The van der Waals surface area contributed by atoms with E-state index >= 15 is 0 Å². The van der Waals surface area contributed by atoms with Crippen LogP contribution in [0.2, 0.25) is 10.0 Å². The molecule has 46 heavy (non-hydrogen) atoms. The minimum Gasteiger partial charge on any atom is -0.350 e. The summed E-state index contributed by atoms with van der Waals surface area (Å²) in [7, 11) is -4.24. The number of nitrogens with zero attached hydrogens (tertiary/aromatic N) is 2. The molecule has 0 aromatic heterocycles. The highest BCUT2D eigenvalue weighted by Gasteiger charge is 2.36. The van der Waals surface area contributed by atoms with E-state index in [0.717, 1.165) is 21.0 Å². The smallest absolute Gasteiger partial charge is 0.264 e. The van der Waals surface area contributed by atoms with Gasteiger partial charge in [-0.25, -0.2) is 8.42 Å². The Hall–Kier alpha value is -3.85. The van der Waals surface area contributed by atoms with Gasteiger partial charge in [0.1, 0.15) is 12.6 Å². The van der Waals surface area contributed by atoms with Crippen molar-refractivity contribution in [1.82, 2.24) is 10.2 Å². The fourth-order valence-electron chi connectivity index (χ4n) is 5.00. The van der Waals surface area contributed by atoms with Gasteiger partial charge in [0, 0.05) is 28.5 Å². The Labute approximate surface area is 282 Å². The van der Waals surface area contributed by atoms with E-state index < -0.39 is 34.1 Å². The molecule has 4 rings (SSSR count). The van der Waals surface area contributed by atoms with Crippen molar-refractivity contribution in [3.8, 4) is 0 Å². The Kier molecular flexibility index (Phi) is 11.2. The molecule has 0 spiro atoms. The first-order valence-corrected chi connectivity index (χ1v) is 17.1. The third-order valence-corrected chi connectivity index (χ3v) is 9.62. The Bertz CT molecular complexity index is 1770. The van der Waals surface area contributed by atoms with Crippen LogP contribution >= 0.6 is 23.2 Å². The van der Waals surface area contributed by atoms with Gasteiger partial charge in [0.05, 0.1) is 10.6 Å². The molecule has 10 heteroatoms. The first kappa shape index (κ1) is 35.0. The molecule has 0 unspecified atom stereocenters. The Balaban J connectivity index is 1.84. The zero-order chi connectivity index (χ0) is 33.6. The molecule has 7 nitrogen and oxygen atoms in total. The second-order valence-corrected chi connectivity index (χ2v) is 15.1. The van der Waals surface area contributed by atoms with E-state index in [4.69, 9.17) is 23.2 Å². The maximum Gasteiger partial charge on any atom is 0.264 e. The van der Waals surface area contributed by atoms with Gasteiger partial charge >= 0.3 is 0 Å². The standard InChI is InChI=1S/C36H39Cl2N3O4S/c1-25-11-19-31(20-12-25)46(44,45)41(32-22-30(38)16-13-26(32)2)24-34(42)40(23-28-14-17-29(37)18-15-28)33(35(43)39-36(3,4)5)21-27-9-7-6-8-10-27/h6-20,22,33H,21,23-24H2,1-5H3,(H,39,43)/t33-/m0/s1. The van der Waals surface area contributed by atoms with Crippen molar-refractivity contribution >= 4 is 50.7 Å². The van der Waals surface area contributed by atoms with Crippen LogP contribution in [-0.2, 0) is 32.6 Å². The lowest BCUT2D eigenvalue weighted by molar-refractivity contribution is -0.140. The number of nitrogens with one attached hydrogen (secondary N) is 1. The van der Waals surface area contributed by atoms with E-state index in [1.165, 1.54) is 23.1 Å². The molecule has 0 saturated heterocycles. The zero-order valence-corrected chi connectivity index (χ0v) is 29.0. The number of aryl methyl sites for hydroxylation is 2. The van der Waals surface area contributed by atoms with Crippen molar-refractivity contribution in [3.63, 3.8) is 0 Å². The van der Waals surface area contributed by atoms with Crippen LogP contribution in [-0.4, -0.2) is 43.3 Å². The average molecular weight is 681 g/mol. The van der Waals surface area contributed by atoms with E-state index in [1.807, 2.05) is 58.0 Å². The number of halogens is 2. The monoisotopic (exact) mass is 679 g/mol. The van der Waals surface area contributed by atoms with Crippen molar-refractivity contribution in [2.75, 3.05) is 10.8 Å². The van der Waals surface area contributed by atoms with Gasteiger partial charge < -0.3 is 10.2 Å². The lowest BCUT2D eigenvalue weighted by Crippen LogP contribution is -2.56. The normalized spacial score (nSPS) is 12.3. The number of carbonyl (C=O) groups excluding carboxylic acids is 2. The molecule has 0 aliphatic heterocycles. The summed E-state index contributed by atoms with van der Waals surface area (Å²) in [4.78, 5) is 30.1. The van der Waals surface area contributed by atoms with Crippen LogP contribution in [0, 0.1) is 13.8 Å². The van der Waals surface area contributed by atoms with Gasteiger partial charge in [-0.15, -0.1) is 0 Å². The summed E-state index contributed by atoms with van der Waals surface area (Å²) >= 11 is 12.5. The van der Waals surface area contributed by atoms with Crippen molar-refractivity contribution in [3.05, 3.63) is 129 Å². The largest absolute Gasteiger partial charge is 0.350 e. The summed E-state index contributed by atoms with van der Waals surface area (Å²) in [6.45, 7) is 8.70. The number of sulfonamides is 1. The fraction of sp³-hybridized carbons (Fsp3) is 0.278. The summed E-state index contributed by atoms with van der Waals surface area (Å²) in [5.41, 5.74) is 2.77. The van der Waals surface area contributed by atoms with Crippen LogP contribution in [0.1, 0.15) is 43.0 Å². The quantitative estimate of drug-likeness (QED) is 0.179. The highest BCUT2D eigenvalue weighted by atomic mass is 35.5. The van der Waals surface area contributed by atoms with Gasteiger partial charge in [0.2, 0.25) is 11.8 Å². The van der Waals surface area contributed by atoms with E-state index in [9.17, 15) is 18.0 Å². The van der Waals surface area contributed by atoms with Crippen molar-refractivity contribution < 1.29 is 18.0 Å². The molecule has 242 valence electrons. The third kappa shape index (κ3) is 9.12. The van der Waals surface area contributed by atoms with E-state index in [0.29, 0.717) is 15.6 Å². The van der Waals surface area contributed by atoms with Crippen molar-refractivity contribution in [2.24, 2.45) is 0 Å². The molecule has 0 radical (unpaired) electrons. The lowest BCUT2D eigenvalue weighted by Gasteiger charge is -2.35. The maximum absolute atomic E-state index is 14.6. The van der Waals surface area contributed by atoms with Crippen LogP contribution in [0.25, 0.3) is 0 Å². The highest BCUT2D eigenvalue weighted by Crippen LogP contribution is 2.30.